The molecule has 0 bridgehead atoms. The largest absolute Gasteiger partial charge is 0.457 e. The quantitative estimate of drug-likeness (QED) is 0.388. The first-order valence-corrected chi connectivity index (χ1v) is 10.9. The van der Waals surface area contributed by atoms with E-state index < -0.39 is 36.0 Å². The maximum atomic E-state index is 12.8. The van der Waals surface area contributed by atoms with Crippen molar-refractivity contribution in [3.8, 4) is 6.07 Å². The van der Waals surface area contributed by atoms with Crippen molar-refractivity contribution < 1.29 is 23.9 Å². The molecule has 3 rings (SSSR count). The number of carbonyl (C=O) groups excluding carboxylic acids is 3. The summed E-state index contributed by atoms with van der Waals surface area (Å²) in [4.78, 5) is 42.6. The molecule has 0 unspecified atom stereocenters. The summed E-state index contributed by atoms with van der Waals surface area (Å²) in [5.74, 6) is -1.01. The summed E-state index contributed by atoms with van der Waals surface area (Å²) in [7, 11) is 3.57. The van der Waals surface area contributed by atoms with E-state index in [0.717, 1.165) is 11.4 Å². The Morgan fingerprint density at radius 2 is 1.61 bits per heavy atom. The van der Waals surface area contributed by atoms with Crippen LogP contribution in [-0.4, -0.2) is 62.1 Å². The predicted octanol–water partition coefficient (Wildman–Crippen LogP) is 3.07. The van der Waals surface area contributed by atoms with Gasteiger partial charge < -0.3 is 24.2 Å². The average Bonchev–Trinajstić information content (AvgIpc) is 3.02. The summed E-state index contributed by atoms with van der Waals surface area (Å²) in [5.41, 5.74) is 1.11. The molecule has 0 aliphatic carbocycles. The number of hydrogen-bond donors (Lipinski definition) is 0. The molecule has 0 N–H and O–H groups in total. The molecule has 9 nitrogen and oxygen atoms in total. The minimum absolute atomic E-state index is 0.0660. The Kier molecular flexibility index (Phi) is 6.96. The third-order valence-electron chi connectivity index (χ3n) is 5.68. The summed E-state index contributed by atoms with van der Waals surface area (Å²) < 4.78 is 10.6. The van der Waals surface area contributed by atoms with E-state index in [2.05, 4.69) is 0 Å². The molecule has 1 aromatic carbocycles. The lowest BCUT2D eigenvalue weighted by Gasteiger charge is -2.32. The van der Waals surface area contributed by atoms with Crippen LogP contribution in [0.1, 0.15) is 33.6 Å². The van der Waals surface area contributed by atoms with Gasteiger partial charge in [0, 0.05) is 27.2 Å². The average molecular weight is 455 g/mol. The molecule has 1 amide bonds. The van der Waals surface area contributed by atoms with Crippen LogP contribution in [0.3, 0.4) is 0 Å². The van der Waals surface area contributed by atoms with Gasteiger partial charge >= 0.3 is 12.1 Å². The lowest BCUT2D eigenvalue weighted by atomic mass is 9.97. The number of likely N-dealkylation sites (tertiary alicyclic amines) is 1. The number of ketones is 1. The first-order valence-electron chi connectivity index (χ1n) is 10.9. The first-order chi connectivity index (χ1) is 15.5. The molecule has 176 valence electrons. The Morgan fingerprint density at radius 3 is 2.09 bits per heavy atom. The van der Waals surface area contributed by atoms with Crippen LogP contribution in [-0.2, 0) is 19.1 Å². The summed E-state index contributed by atoms with van der Waals surface area (Å²) in [6.07, 6.45) is 0.457. The van der Waals surface area contributed by atoms with Gasteiger partial charge in [0.2, 0.25) is 5.78 Å². The Hall–Kier alpha value is -3.54. The number of nitrogens with zero attached hydrogens (tertiary/aromatic N) is 4. The molecule has 2 heterocycles. The molecule has 1 saturated heterocycles. The maximum Gasteiger partial charge on any atom is 0.410 e. The van der Waals surface area contributed by atoms with Crippen LogP contribution in [0.25, 0.3) is 0 Å². The molecule has 0 atom stereocenters. The second-order valence-corrected chi connectivity index (χ2v) is 9.19. The molecule has 0 radical (unpaired) electrons. The van der Waals surface area contributed by atoms with Crippen LogP contribution in [0.5, 0.6) is 0 Å². The Morgan fingerprint density at radius 1 is 1.06 bits per heavy atom. The Balaban J connectivity index is 1.58. The number of nitriles is 1. The zero-order valence-electron chi connectivity index (χ0n) is 19.8. The van der Waals surface area contributed by atoms with Gasteiger partial charge in [-0.25, -0.2) is 4.79 Å². The number of hydrogen-bond acceptors (Lipinski definition) is 8. The van der Waals surface area contributed by atoms with Crippen molar-refractivity contribution in [3.05, 3.63) is 35.7 Å². The molecular weight excluding hydrogens is 424 g/mol. The number of amides is 1. The van der Waals surface area contributed by atoms with Crippen molar-refractivity contribution in [2.45, 2.75) is 39.2 Å². The van der Waals surface area contributed by atoms with E-state index in [1.54, 1.807) is 49.6 Å². The number of benzene rings is 1. The topological polar surface area (TPSA) is 103 Å². The number of esters is 1. The van der Waals surface area contributed by atoms with Crippen LogP contribution in [0.2, 0.25) is 0 Å². The lowest BCUT2D eigenvalue weighted by Crippen LogP contribution is -2.43. The molecule has 33 heavy (non-hydrogen) atoms. The summed E-state index contributed by atoms with van der Waals surface area (Å²) >= 11 is 0. The Labute approximate surface area is 194 Å². The van der Waals surface area contributed by atoms with Crippen LogP contribution in [0.4, 0.5) is 16.2 Å². The van der Waals surface area contributed by atoms with Crippen molar-refractivity contribution in [2.75, 3.05) is 43.6 Å². The van der Waals surface area contributed by atoms with E-state index in [4.69, 9.17) is 9.47 Å². The van der Waals surface area contributed by atoms with Crippen LogP contribution < -0.4 is 9.80 Å². The van der Waals surface area contributed by atoms with Gasteiger partial charge in [0.05, 0.1) is 17.3 Å². The maximum absolute atomic E-state index is 12.8. The summed E-state index contributed by atoms with van der Waals surface area (Å²) in [5, 5.41) is 9.68. The highest BCUT2D eigenvalue weighted by Crippen LogP contribution is 2.40. The van der Waals surface area contributed by atoms with E-state index in [-0.39, 0.29) is 5.57 Å². The summed E-state index contributed by atoms with van der Waals surface area (Å²) in [6, 6.07) is 9.56. The van der Waals surface area contributed by atoms with Gasteiger partial charge in [-0.3, -0.25) is 9.59 Å². The van der Waals surface area contributed by atoms with Crippen LogP contribution in [0.15, 0.2) is 35.7 Å². The van der Waals surface area contributed by atoms with E-state index in [1.807, 2.05) is 30.3 Å². The highest BCUT2D eigenvalue weighted by molar-refractivity contribution is 6.03. The van der Waals surface area contributed by atoms with E-state index in [0.29, 0.717) is 31.8 Å². The first kappa shape index (κ1) is 24.1. The number of ether oxygens (including phenoxy) is 2. The normalized spacial score (nSPS) is 16.2. The van der Waals surface area contributed by atoms with E-state index >= 15 is 0 Å². The van der Waals surface area contributed by atoms with Crippen molar-refractivity contribution >= 4 is 29.2 Å². The van der Waals surface area contributed by atoms with Crippen molar-refractivity contribution in [1.82, 2.24) is 4.90 Å². The zero-order chi connectivity index (χ0) is 24.3. The minimum Gasteiger partial charge on any atom is -0.457 e. The van der Waals surface area contributed by atoms with Crippen LogP contribution in [0, 0.1) is 17.2 Å². The van der Waals surface area contributed by atoms with Crippen molar-refractivity contribution in [1.29, 1.82) is 5.26 Å². The smallest absolute Gasteiger partial charge is 0.410 e. The van der Waals surface area contributed by atoms with Gasteiger partial charge in [0.25, 0.3) is 0 Å². The highest BCUT2D eigenvalue weighted by Gasteiger charge is 2.33. The van der Waals surface area contributed by atoms with Crippen LogP contribution >= 0.6 is 0 Å². The van der Waals surface area contributed by atoms with E-state index in [1.165, 1.54) is 0 Å². The van der Waals surface area contributed by atoms with Gasteiger partial charge in [-0.2, -0.15) is 5.26 Å². The number of piperidine rings is 1. The third kappa shape index (κ3) is 5.28. The number of carbonyl (C=O) groups is 3. The van der Waals surface area contributed by atoms with E-state index in [9.17, 15) is 19.6 Å². The molecular formula is C24H30N4O5. The standard InChI is InChI=1S/C24H30N4O5/c1-24(2,3)33-23(31)28-12-10-16(11-13-28)22(30)32-15-20(29)17(14-25)21-26(4)18-8-6-7-9-19(18)27(21)5/h6-9,16H,10-13,15H2,1-5H3. The van der Waals surface area contributed by atoms with Crippen molar-refractivity contribution in [3.63, 3.8) is 0 Å². The number of para-hydroxylation sites is 2. The number of rotatable bonds is 4. The molecule has 2 aliphatic heterocycles. The molecule has 1 fully saturated rings. The lowest BCUT2D eigenvalue weighted by molar-refractivity contribution is -0.152. The molecule has 0 spiro atoms. The van der Waals surface area contributed by atoms with Gasteiger partial charge in [-0.05, 0) is 45.7 Å². The third-order valence-corrected chi connectivity index (χ3v) is 5.68. The number of fused-ring (bicyclic) bond motifs is 1. The van der Waals surface area contributed by atoms with Gasteiger partial charge in [-0.15, -0.1) is 0 Å². The Bertz CT molecular complexity index is 981. The predicted molar refractivity (Wildman–Crippen MR) is 122 cm³/mol. The van der Waals surface area contributed by atoms with Gasteiger partial charge in [0.15, 0.2) is 6.61 Å². The summed E-state index contributed by atoms with van der Waals surface area (Å²) in [6.45, 7) is 5.66. The zero-order valence-corrected chi connectivity index (χ0v) is 19.8. The molecule has 0 aromatic heterocycles. The molecule has 0 saturated carbocycles. The molecule has 1 aromatic rings. The fourth-order valence-electron chi connectivity index (χ4n) is 4.01. The van der Waals surface area contributed by atoms with Gasteiger partial charge in [0.1, 0.15) is 23.1 Å². The molecule has 2 aliphatic rings. The fourth-order valence-corrected chi connectivity index (χ4v) is 4.01. The highest BCUT2D eigenvalue weighted by atomic mass is 16.6. The fraction of sp³-hybridized carbons (Fsp3) is 0.500. The second-order valence-electron chi connectivity index (χ2n) is 9.19. The number of anilines is 2. The number of Topliss-reactive ketones (excluding diaryl/α,β-unsaturated/α-hetero) is 1. The SMILES string of the molecule is CN1C(=C(C#N)C(=O)COC(=O)C2CCN(C(=O)OC(C)(C)C)CC2)N(C)c2ccccc21. The monoisotopic (exact) mass is 454 g/mol. The minimum atomic E-state index is -0.580. The second kappa shape index (κ2) is 9.53. The molecule has 9 heteroatoms. The van der Waals surface area contributed by atoms with Gasteiger partial charge in [-0.1, -0.05) is 12.1 Å². The van der Waals surface area contributed by atoms with Crippen molar-refractivity contribution in [2.24, 2.45) is 5.92 Å².